The number of piperidine rings is 1. The Bertz CT molecular complexity index is 951. The zero-order valence-electron chi connectivity index (χ0n) is 15.5. The Morgan fingerprint density at radius 2 is 2.07 bits per heavy atom. The van der Waals surface area contributed by atoms with Crippen LogP contribution in [-0.2, 0) is 14.8 Å². The molecule has 1 aromatic heterocycles. The van der Waals surface area contributed by atoms with Gasteiger partial charge in [-0.2, -0.15) is 4.31 Å². The Hall–Kier alpha value is -1.71. The number of anilines is 1. The summed E-state index contributed by atoms with van der Waals surface area (Å²) in [5.41, 5.74) is 2.01. The lowest BCUT2D eigenvalue weighted by Crippen LogP contribution is -2.44. The maximum absolute atomic E-state index is 13.0. The second kappa shape index (κ2) is 7.73. The first-order valence-corrected chi connectivity index (χ1v) is 10.9. The summed E-state index contributed by atoms with van der Waals surface area (Å²) in [6.45, 7) is 5.63. The highest BCUT2D eigenvalue weighted by Gasteiger charge is 2.36. The SMILES string of the molecule is Cc1cc(Br)ccc1NC(=O)C1CCCN(S(=O)(=O)c2c(C)noc2C)C1. The summed E-state index contributed by atoms with van der Waals surface area (Å²) >= 11 is 3.40. The van der Waals surface area contributed by atoms with E-state index in [1.54, 1.807) is 13.8 Å². The predicted octanol–water partition coefficient (Wildman–Crippen LogP) is 3.40. The molecule has 1 atom stereocenters. The summed E-state index contributed by atoms with van der Waals surface area (Å²) in [7, 11) is -3.74. The Morgan fingerprint density at radius 3 is 2.70 bits per heavy atom. The van der Waals surface area contributed by atoms with Crippen molar-refractivity contribution in [2.45, 2.75) is 38.5 Å². The van der Waals surface area contributed by atoms with E-state index in [1.807, 2.05) is 25.1 Å². The number of sulfonamides is 1. The van der Waals surface area contributed by atoms with Crippen molar-refractivity contribution in [2.75, 3.05) is 18.4 Å². The molecule has 0 spiro atoms. The Morgan fingerprint density at radius 1 is 1.33 bits per heavy atom. The van der Waals surface area contributed by atoms with Crippen LogP contribution in [0.4, 0.5) is 5.69 Å². The molecule has 0 bridgehead atoms. The van der Waals surface area contributed by atoms with Gasteiger partial charge in [0.25, 0.3) is 0 Å². The number of nitrogens with zero attached hydrogens (tertiary/aromatic N) is 2. The molecule has 2 aromatic rings. The maximum atomic E-state index is 13.0. The number of rotatable bonds is 4. The van der Waals surface area contributed by atoms with E-state index in [1.165, 1.54) is 4.31 Å². The summed E-state index contributed by atoms with van der Waals surface area (Å²) in [5.74, 6) is -0.305. The molecular formula is C18H22BrN3O4S. The van der Waals surface area contributed by atoms with Crippen LogP contribution < -0.4 is 5.32 Å². The fraction of sp³-hybridized carbons (Fsp3) is 0.444. The summed E-state index contributed by atoms with van der Waals surface area (Å²) in [5, 5.41) is 6.66. The number of carbonyl (C=O) groups is 1. The summed E-state index contributed by atoms with van der Waals surface area (Å²) in [6.07, 6.45) is 1.27. The number of benzene rings is 1. The first-order chi connectivity index (χ1) is 12.7. The highest BCUT2D eigenvalue weighted by molar-refractivity contribution is 9.10. The van der Waals surface area contributed by atoms with Crippen LogP contribution in [0.15, 0.2) is 32.1 Å². The van der Waals surface area contributed by atoms with Crippen molar-refractivity contribution in [2.24, 2.45) is 5.92 Å². The number of amides is 1. The van der Waals surface area contributed by atoms with Gasteiger partial charge >= 0.3 is 0 Å². The maximum Gasteiger partial charge on any atom is 0.248 e. The Balaban J connectivity index is 1.76. The molecule has 7 nitrogen and oxygen atoms in total. The van der Waals surface area contributed by atoms with Crippen LogP contribution in [0, 0.1) is 26.7 Å². The Labute approximate surface area is 167 Å². The number of aromatic nitrogens is 1. The third kappa shape index (κ3) is 4.09. The van der Waals surface area contributed by atoms with Crippen LogP contribution in [0.3, 0.4) is 0 Å². The van der Waals surface area contributed by atoms with Gasteiger partial charge in [0.15, 0.2) is 5.76 Å². The fourth-order valence-corrected chi connectivity index (χ4v) is 5.64. The molecule has 3 rings (SSSR count). The predicted molar refractivity (Wildman–Crippen MR) is 105 cm³/mol. The molecule has 0 radical (unpaired) electrons. The summed E-state index contributed by atoms with van der Waals surface area (Å²) < 4.78 is 33.3. The third-order valence-electron chi connectivity index (χ3n) is 4.77. The average Bonchev–Trinajstić information content (AvgIpc) is 2.96. The number of carbonyl (C=O) groups excluding carboxylic acids is 1. The van der Waals surface area contributed by atoms with Crippen LogP contribution in [0.5, 0.6) is 0 Å². The molecule has 1 unspecified atom stereocenters. The fourth-order valence-electron chi connectivity index (χ4n) is 3.35. The lowest BCUT2D eigenvalue weighted by Gasteiger charge is -2.31. The van der Waals surface area contributed by atoms with Crippen LogP contribution in [-0.4, -0.2) is 36.9 Å². The van der Waals surface area contributed by atoms with Gasteiger partial charge < -0.3 is 9.84 Å². The number of hydrogen-bond donors (Lipinski definition) is 1. The molecule has 27 heavy (non-hydrogen) atoms. The second-order valence-corrected chi connectivity index (χ2v) is 9.59. The van der Waals surface area contributed by atoms with Crippen molar-refractivity contribution >= 4 is 37.5 Å². The van der Waals surface area contributed by atoms with Gasteiger partial charge in [0, 0.05) is 23.2 Å². The van der Waals surface area contributed by atoms with Crippen molar-refractivity contribution in [3.05, 3.63) is 39.7 Å². The first kappa shape index (κ1) is 20.0. The quantitative estimate of drug-likeness (QED) is 0.762. The zero-order chi connectivity index (χ0) is 19.8. The van der Waals surface area contributed by atoms with Crippen molar-refractivity contribution in [1.82, 2.24) is 9.46 Å². The minimum absolute atomic E-state index is 0.104. The molecule has 0 aliphatic carbocycles. The normalized spacial score (nSPS) is 18.4. The Kier molecular flexibility index (Phi) is 5.73. The van der Waals surface area contributed by atoms with E-state index in [4.69, 9.17) is 4.52 Å². The highest BCUT2D eigenvalue weighted by Crippen LogP contribution is 2.28. The molecule has 1 N–H and O–H groups in total. The first-order valence-electron chi connectivity index (χ1n) is 8.70. The molecule has 1 aliphatic rings. The van der Waals surface area contributed by atoms with E-state index in [9.17, 15) is 13.2 Å². The summed E-state index contributed by atoms with van der Waals surface area (Å²) in [4.78, 5) is 12.8. The standard InChI is InChI=1S/C18H22BrN3O4S/c1-11-9-15(19)6-7-16(11)20-18(23)14-5-4-8-22(10-14)27(24,25)17-12(2)21-26-13(17)3/h6-7,9,14H,4-5,8,10H2,1-3H3,(H,20,23). The number of nitrogens with one attached hydrogen (secondary N) is 1. The van der Waals surface area contributed by atoms with Gasteiger partial charge in [-0.3, -0.25) is 4.79 Å². The van der Waals surface area contributed by atoms with E-state index in [2.05, 4.69) is 26.4 Å². The largest absolute Gasteiger partial charge is 0.360 e. The van der Waals surface area contributed by atoms with Crippen LogP contribution in [0.25, 0.3) is 0 Å². The van der Waals surface area contributed by atoms with Crippen LogP contribution >= 0.6 is 15.9 Å². The smallest absolute Gasteiger partial charge is 0.248 e. The minimum atomic E-state index is -3.74. The van der Waals surface area contributed by atoms with Crippen molar-refractivity contribution in [1.29, 1.82) is 0 Å². The van der Waals surface area contributed by atoms with Gasteiger partial charge in [-0.25, -0.2) is 8.42 Å². The van der Waals surface area contributed by atoms with Crippen molar-refractivity contribution in [3.8, 4) is 0 Å². The second-order valence-electron chi connectivity index (χ2n) is 6.80. The number of aryl methyl sites for hydroxylation is 3. The molecule has 1 aliphatic heterocycles. The van der Waals surface area contributed by atoms with E-state index < -0.39 is 15.9 Å². The van der Waals surface area contributed by atoms with Gasteiger partial charge in [-0.15, -0.1) is 0 Å². The molecule has 2 heterocycles. The number of hydrogen-bond acceptors (Lipinski definition) is 5. The van der Waals surface area contributed by atoms with E-state index in [0.717, 1.165) is 15.7 Å². The van der Waals surface area contributed by atoms with Gasteiger partial charge in [0.05, 0.1) is 5.92 Å². The van der Waals surface area contributed by atoms with Crippen LogP contribution in [0.1, 0.15) is 29.9 Å². The van der Waals surface area contributed by atoms with Gasteiger partial charge in [-0.1, -0.05) is 21.1 Å². The topological polar surface area (TPSA) is 92.5 Å². The molecule has 0 saturated carbocycles. The van der Waals surface area contributed by atoms with E-state index in [-0.39, 0.29) is 23.1 Å². The lowest BCUT2D eigenvalue weighted by molar-refractivity contribution is -0.120. The third-order valence-corrected chi connectivity index (χ3v) is 7.37. The van der Waals surface area contributed by atoms with E-state index >= 15 is 0 Å². The highest BCUT2D eigenvalue weighted by atomic mass is 79.9. The van der Waals surface area contributed by atoms with Crippen LogP contribution in [0.2, 0.25) is 0 Å². The average molecular weight is 456 g/mol. The molecular weight excluding hydrogens is 434 g/mol. The van der Waals surface area contributed by atoms with Gasteiger partial charge in [-0.05, 0) is 57.4 Å². The number of halogens is 1. The lowest BCUT2D eigenvalue weighted by atomic mass is 9.98. The molecule has 1 saturated heterocycles. The van der Waals surface area contributed by atoms with Gasteiger partial charge in [0.1, 0.15) is 10.6 Å². The molecule has 146 valence electrons. The zero-order valence-corrected chi connectivity index (χ0v) is 17.9. The van der Waals surface area contributed by atoms with E-state index in [0.29, 0.717) is 25.1 Å². The monoisotopic (exact) mass is 455 g/mol. The van der Waals surface area contributed by atoms with Gasteiger partial charge in [0.2, 0.25) is 15.9 Å². The summed E-state index contributed by atoms with van der Waals surface area (Å²) in [6, 6.07) is 5.61. The molecule has 1 fully saturated rings. The minimum Gasteiger partial charge on any atom is -0.360 e. The molecule has 1 amide bonds. The molecule has 1 aromatic carbocycles. The molecule has 9 heteroatoms. The van der Waals surface area contributed by atoms with Crippen molar-refractivity contribution < 1.29 is 17.7 Å². The van der Waals surface area contributed by atoms with Crippen molar-refractivity contribution in [3.63, 3.8) is 0 Å².